The van der Waals surface area contributed by atoms with E-state index in [4.69, 9.17) is 4.74 Å². The topological polar surface area (TPSA) is 67.7 Å². The molecule has 2 aliphatic rings. The minimum absolute atomic E-state index is 0.0199. The van der Waals surface area contributed by atoms with Crippen LogP contribution in [-0.4, -0.2) is 64.7 Å². The second-order valence-corrected chi connectivity index (χ2v) is 9.30. The number of piperidine rings is 1. The van der Waals surface area contributed by atoms with E-state index in [9.17, 15) is 9.59 Å². The van der Waals surface area contributed by atoms with Gasteiger partial charge in [0.15, 0.2) is 0 Å². The fraction of sp³-hybridized carbons (Fsp3) is 0.560. The number of carbonyl (C=O) groups is 2. The molecule has 3 heterocycles. The number of aromatic nitrogens is 2. The molecule has 7 heteroatoms. The maximum absolute atomic E-state index is 13.7. The second kappa shape index (κ2) is 9.35. The van der Waals surface area contributed by atoms with Gasteiger partial charge >= 0.3 is 0 Å². The molecule has 2 aliphatic heterocycles. The molecule has 0 N–H and O–H groups in total. The molecular weight excluding hydrogens is 404 g/mol. The highest BCUT2D eigenvalue weighted by Crippen LogP contribution is 2.38. The number of fused-ring (bicyclic) bond motifs is 1. The molecule has 4 rings (SSSR count). The zero-order valence-corrected chi connectivity index (χ0v) is 19.5. The van der Waals surface area contributed by atoms with E-state index >= 15 is 0 Å². The van der Waals surface area contributed by atoms with Crippen LogP contribution in [0.4, 0.5) is 0 Å². The molecule has 32 heavy (non-hydrogen) atoms. The number of likely N-dealkylation sites (tertiary alicyclic amines) is 1. The van der Waals surface area contributed by atoms with E-state index in [-0.39, 0.29) is 11.8 Å². The normalized spacial score (nSPS) is 22.7. The zero-order chi connectivity index (χ0) is 22.7. The molecule has 0 aliphatic carbocycles. The van der Waals surface area contributed by atoms with Crippen molar-refractivity contribution in [1.29, 1.82) is 0 Å². The average Bonchev–Trinajstić information content (AvgIpc) is 3.13. The van der Waals surface area contributed by atoms with E-state index in [2.05, 4.69) is 17.2 Å². The van der Waals surface area contributed by atoms with Gasteiger partial charge < -0.3 is 14.5 Å². The quantitative estimate of drug-likeness (QED) is 0.686. The third-order valence-electron chi connectivity index (χ3n) is 6.92. The zero-order valence-electron chi connectivity index (χ0n) is 19.5. The summed E-state index contributed by atoms with van der Waals surface area (Å²) in [5.74, 6) is 1.04. The number of nitrogens with zero attached hydrogens (tertiary/aromatic N) is 4. The summed E-state index contributed by atoms with van der Waals surface area (Å²) in [5, 5.41) is 4.33. The van der Waals surface area contributed by atoms with E-state index in [1.165, 1.54) is 5.56 Å². The molecule has 2 aromatic rings. The lowest BCUT2D eigenvalue weighted by Crippen LogP contribution is -2.54. The standard InChI is InChI=1S/C25H34N4O3/c1-19-21(17-28(3)26-19)23(30)29-14-8-13-25(18-29)12-7-6-10-20-9-4-5-11-22(20)32-16-15-27(2)24(25)31/h4-5,9,11,17H,6-8,10,12-16,18H2,1-3H3. The largest absolute Gasteiger partial charge is 0.491 e. The van der Waals surface area contributed by atoms with Crippen LogP contribution in [0.3, 0.4) is 0 Å². The second-order valence-electron chi connectivity index (χ2n) is 9.30. The van der Waals surface area contributed by atoms with Gasteiger partial charge in [-0.1, -0.05) is 24.6 Å². The molecule has 1 unspecified atom stereocenters. The Labute approximate surface area is 190 Å². The first-order valence-corrected chi connectivity index (χ1v) is 11.7. The summed E-state index contributed by atoms with van der Waals surface area (Å²) in [5.41, 5.74) is 2.06. The van der Waals surface area contributed by atoms with E-state index in [1.54, 1.807) is 15.8 Å². The summed E-state index contributed by atoms with van der Waals surface area (Å²) in [7, 11) is 3.68. The van der Waals surface area contributed by atoms with Gasteiger partial charge in [0.1, 0.15) is 12.4 Å². The van der Waals surface area contributed by atoms with Gasteiger partial charge in [0, 0.05) is 33.4 Å². The summed E-state index contributed by atoms with van der Waals surface area (Å²) in [6.07, 6.45) is 7.12. The van der Waals surface area contributed by atoms with Crippen molar-refractivity contribution >= 4 is 11.8 Å². The smallest absolute Gasteiger partial charge is 0.257 e. The van der Waals surface area contributed by atoms with Gasteiger partial charge in [-0.2, -0.15) is 5.10 Å². The molecule has 2 amide bonds. The molecule has 1 spiro atoms. The Hall–Kier alpha value is -2.83. The fourth-order valence-corrected chi connectivity index (χ4v) is 5.20. The Morgan fingerprint density at radius 1 is 1.09 bits per heavy atom. The Bertz CT molecular complexity index is 985. The van der Waals surface area contributed by atoms with Crippen molar-refractivity contribution in [3.05, 3.63) is 47.3 Å². The summed E-state index contributed by atoms with van der Waals surface area (Å²) >= 11 is 0. The Kier molecular flexibility index (Phi) is 6.53. The molecule has 1 atom stereocenters. The molecule has 1 aromatic carbocycles. The summed E-state index contributed by atoms with van der Waals surface area (Å²) < 4.78 is 7.70. The first kappa shape index (κ1) is 22.4. The van der Waals surface area contributed by atoms with Crippen molar-refractivity contribution < 1.29 is 14.3 Å². The van der Waals surface area contributed by atoms with Crippen LogP contribution in [0.1, 0.15) is 53.7 Å². The first-order valence-electron chi connectivity index (χ1n) is 11.7. The lowest BCUT2D eigenvalue weighted by Gasteiger charge is -2.43. The van der Waals surface area contributed by atoms with Crippen molar-refractivity contribution in [2.24, 2.45) is 12.5 Å². The Morgan fingerprint density at radius 3 is 2.66 bits per heavy atom. The predicted molar refractivity (Wildman–Crippen MR) is 123 cm³/mol. The van der Waals surface area contributed by atoms with Crippen LogP contribution in [0.25, 0.3) is 0 Å². The number of hydrogen-bond acceptors (Lipinski definition) is 4. The van der Waals surface area contributed by atoms with Crippen LogP contribution in [0.2, 0.25) is 0 Å². The number of carbonyl (C=O) groups excluding carboxylic acids is 2. The van der Waals surface area contributed by atoms with Gasteiger partial charge in [-0.25, -0.2) is 0 Å². The summed E-state index contributed by atoms with van der Waals surface area (Å²) in [6, 6.07) is 8.18. The van der Waals surface area contributed by atoms with Gasteiger partial charge in [-0.15, -0.1) is 0 Å². The highest BCUT2D eigenvalue weighted by atomic mass is 16.5. The molecule has 1 aromatic heterocycles. The lowest BCUT2D eigenvalue weighted by atomic mass is 9.74. The third kappa shape index (κ3) is 4.52. The molecule has 0 bridgehead atoms. The molecule has 1 fully saturated rings. The number of likely N-dealkylation sites (N-methyl/N-ethyl adjacent to an activating group) is 1. The van der Waals surface area contributed by atoms with E-state index in [0.29, 0.717) is 31.8 Å². The minimum atomic E-state index is -0.530. The van der Waals surface area contributed by atoms with Crippen LogP contribution in [-0.2, 0) is 18.3 Å². The maximum Gasteiger partial charge on any atom is 0.257 e. The average molecular weight is 439 g/mol. The van der Waals surface area contributed by atoms with Crippen molar-refractivity contribution in [1.82, 2.24) is 19.6 Å². The van der Waals surface area contributed by atoms with Crippen molar-refractivity contribution in [3.8, 4) is 5.75 Å². The van der Waals surface area contributed by atoms with Crippen LogP contribution in [0, 0.1) is 12.3 Å². The van der Waals surface area contributed by atoms with E-state index < -0.39 is 5.41 Å². The number of hydrogen-bond donors (Lipinski definition) is 0. The highest BCUT2D eigenvalue weighted by molar-refractivity contribution is 5.95. The van der Waals surface area contributed by atoms with Gasteiger partial charge in [0.05, 0.1) is 23.2 Å². The fourth-order valence-electron chi connectivity index (χ4n) is 5.20. The van der Waals surface area contributed by atoms with E-state index in [1.807, 2.05) is 38.1 Å². The molecule has 0 saturated carbocycles. The number of benzene rings is 1. The highest BCUT2D eigenvalue weighted by Gasteiger charge is 2.44. The summed E-state index contributed by atoms with van der Waals surface area (Å²) in [6.45, 7) is 4.01. The van der Waals surface area contributed by atoms with Crippen molar-refractivity contribution in [3.63, 3.8) is 0 Å². The van der Waals surface area contributed by atoms with Crippen LogP contribution in [0.5, 0.6) is 5.75 Å². The van der Waals surface area contributed by atoms with E-state index in [0.717, 1.165) is 50.0 Å². The van der Waals surface area contributed by atoms with Crippen LogP contribution < -0.4 is 4.74 Å². The monoisotopic (exact) mass is 438 g/mol. The Balaban J connectivity index is 1.55. The van der Waals surface area contributed by atoms with Gasteiger partial charge in [0.25, 0.3) is 5.91 Å². The number of aryl methyl sites for hydroxylation is 3. The molecule has 1 saturated heterocycles. The third-order valence-corrected chi connectivity index (χ3v) is 6.92. The van der Waals surface area contributed by atoms with Crippen LogP contribution >= 0.6 is 0 Å². The lowest BCUT2D eigenvalue weighted by molar-refractivity contribution is -0.144. The molecular formula is C25H34N4O3. The molecule has 0 radical (unpaired) electrons. The number of para-hydroxylation sites is 1. The minimum Gasteiger partial charge on any atom is -0.491 e. The van der Waals surface area contributed by atoms with Crippen molar-refractivity contribution in [2.45, 2.75) is 45.4 Å². The number of rotatable bonds is 1. The number of ether oxygens (including phenoxy) is 1. The van der Waals surface area contributed by atoms with Gasteiger partial charge in [0.2, 0.25) is 5.91 Å². The SMILES string of the molecule is Cc1nn(C)cc1C(=O)N1CCCC2(CCCCc3ccccc3OCCN(C)C2=O)C1. The molecule has 172 valence electrons. The summed E-state index contributed by atoms with van der Waals surface area (Å²) in [4.78, 5) is 30.6. The number of amides is 2. The van der Waals surface area contributed by atoms with Gasteiger partial charge in [-0.3, -0.25) is 14.3 Å². The first-order chi connectivity index (χ1) is 15.4. The van der Waals surface area contributed by atoms with Crippen LogP contribution in [0.15, 0.2) is 30.5 Å². The van der Waals surface area contributed by atoms with Gasteiger partial charge in [-0.05, 0) is 50.7 Å². The maximum atomic E-state index is 13.7. The predicted octanol–water partition coefficient (Wildman–Crippen LogP) is 3.21. The Morgan fingerprint density at radius 2 is 1.88 bits per heavy atom. The van der Waals surface area contributed by atoms with Crippen molar-refractivity contribution in [2.75, 3.05) is 33.3 Å². The molecule has 7 nitrogen and oxygen atoms in total.